The summed E-state index contributed by atoms with van der Waals surface area (Å²) >= 11 is 0. The summed E-state index contributed by atoms with van der Waals surface area (Å²) in [6.07, 6.45) is 0. The van der Waals surface area contributed by atoms with Crippen molar-refractivity contribution in [3.63, 3.8) is 0 Å². The Hall–Kier alpha value is -1.98. The van der Waals surface area contributed by atoms with E-state index in [0.717, 1.165) is 0 Å². The fourth-order valence-electron chi connectivity index (χ4n) is 1.79. The quantitative estimate of drug-likeness (QED) is 0.596. The van der Waals surface area contributed by atoms with Crippen LogP contribution in [0.4, 0.5) is 8.78 Å². The number of ether oxygens (including phenoxy) is 2. The first-order valence-electron chi connectivity index (χ1n) is 6.04. The molecule has 20 heavy (non-hydrogen) atoms. The normalized spacial score (nSPS) is 12.7. The van der Waals surface area contributed by atoms with E-state index in [1.54, 1.807) is 0 Å². The van der Waals surface area contributed by atoms with Crippen LogP contribution in [0.15, 0.2) is 24.3 Å². The highest BCUT2D eigenvalue weighted by Gasteiger charge is 2.44. The standard InChI is InChI=1S/C14H16F2O4/c1-4-20-13(18)12(17)11(14(2,15)16)9-5-7-10(19-3)8-6-9/h5-8,11H,4H2,1-3H3. The van der Waals surface area contributed by atoms with E-state index in [2.05, 4.69) is 4.74 Å². The number of hydrogen-bond donors (Lipinski definition) is 0. The van der Waals surface area contributed by atoms with E-state index in [1.807, 2.05) is 0 Å². The Labute approximate surface area is 115 Å². The molecule has 1 unspecified atom stereocenters. The average Bonchev–Trinajstić information content (AvgIpc) is 2.38. The summed E-state index contributed by atoms with van der Waals surface area (Å²) in [6, 6.07) is 5.56. The van der Waals surface area contributed by atoms with E-state index >= 15 is 0 Å². The van der Waals surface area contributed by atoms with Crippen molar-refractivity contribution in [3.05, 3.63) is 29.8 Å². The molecule has 6 heteroatoms. The second-order valence-electron chi connectivity index (χ2n) is 4.25. The van der Waals surface area contributed by atoms with Crippen LogP contribution in [0.1, 0.15) is 25.3 Å². The van der Waals surface area contributed by atoms with Crippen LogP contribution in [0.2, 0.25) is 0 Å². The smallest absolute Gasteiger partial charge is 0.375 e. The first kappa shape index (κ1) is 16.1. The van der Waals surface area contributed by atoms with Gasteiger partial charge in [0.15, 0.2) is 0 Å². The minimum Gasteiger partial charge on any atom is -0.497 e. The van der Waals surface area contributed by atoms with Crippen LogP contribution in [0, 0.1) is 0 Å². The molecule has 0 spiro atoms. The van der Waals surface area contributed by atoms with Gasteiger partial charge in [-0.3, -0.25) is 4.79 Å². The fourth-order valence-corrected chi connectivity index (χ4v) is 1.79. The van der Waals surface area contributed by atoms with Crippen molar-refractivity contribution in [1.29, 1.82) is 0 Å². The number of Topliss-reactive ketones (excluding diaryl/α,β-unsaturated/α-hetero) is 1. The Morgan fingerprint density at radius 1 is 1.25 bits per heavy atom. The first-order chi connectivity index (χ1) is 9.31. The van der Waals surface area contributed by atoms with Gasteiger partial charge in [-0.2, -0.15) is 0 Å². The molecule has 0 bridgehead atoms. The topological polar surface area (TPSA) is 52.6 Å². The Balaban J connectivity index is 3.12. The van der Waals surface area contributed by atoms with Crippen molar-refractivity contribution in [2.24, 2.45) is 0 Å². The molecule has 0 heterocycles. The molecule has 1 aromatic carbocycles. The molecule has 1 atom stereocenters. The monoisotopic (exact) mass is 286 g/mol. The summed E-state index contributed by atoms with van der Waals surface area (Å²) in [5.74, 6) is -7.29. The third kappa shape index (κ3) is 3.76. The molecule has 1 aromatic rings. The number of benzene rings is 1. The second-order valence-corrected chi connectivity index (χ2v) is 4.25. The van der Waals surface area contributed by atoms with Gasteiger partial charge in [-0.05, 0) is 24.6 Å². The zero-order valence-electron chi connectivity index (χ0n) is 11.5. The number of esters is 1. The number of alkyl halides is 2. The molecule has 0 aliphatic rings. The van der Waals surface area contributed by atoms with Crippen LogP contribution in [-0.4, -0.2) is 31.4 Å². The number of carbonyl (C=O) groups excluding carboxylic acids is 2. The van der Waals surface area contributed by atoms with Gasteiger partial charge in [-0.1, -0.05) is 12.1 Å². The minimum atomic E-state index is -3.38. The number of methoxy groups -OCH3 is 1. The Kier molecular flexibility index (Phi) is 5.19. The SMILES string of the molecule is CCOC(=O)C(=O)C(c1ccc(OC)cc1)C(C)(F)F. The molecule has 1 rings (SSSR count). The van der Waals surface area contributed by atoms with Crippen molar-refractivity contribution >= 4 is 11.8 Å². The Bertz CT molecular complexity index is 477. The van der Waals surface area contributed by atoms with Crippen LogP contribution in [0.3, 0.4) is 0 Å². The van der Waals surface area contributed by atoms with Crippen molar-refractivity contribution in [1.82, 2.24) is 0 Å². The van der Waals surface area contributed by atoms with Gasteiger partial charge in [-0.25, -0.2) is 13.6 Å². The van der Waals surface area contributed by atoms with Crippen LogP contribution in [0.5, 0.6) is 5.75 Å². The summed E-state index contributed by atoms with van der Waals surface area (Å²) in [6.45, 7) is 2.05. The molecule has 0 fully saturated rings. The molecule has 110 valence electrons. The van der Waals surface area contributed by atoms with Crippen LogP contribution >= 0.6 is 0 Å². The molecule has 4 nitrogen and oxygen atoms in total. The summed E-state index contributed by atoms with van der Waals surface area (Å²) in [5.41, 5.74) is 0.0383. The van der Waals surface area contributed by atoms with E-state index in [0.29, 0.717) is 12.7 Å². The van der Waals surface area contributed by atoms with Gasteiger partial charge in [0, 0.05) is 6.92 Å². The van der Waals surface area contributed by atoms with Gasteiger partial charge < -0.3 is 9.47 Å². The maximum Gasteiger partial charge on any atom is 0.375 e. The van der Waals surface area contributed by atoms with E-state index in [4.69, 9.17) is 4.74 Å². The first-order valence-corrected chi connectivity index (χ1v) is 6.04. The fraction of sp³-hybridized carbons (Fsp3) is 0.429. The molecule has 0 amide bonds. The van der Waals surface area contributed by atoms with E-state index < -0.39 is 23.6 Å². The van der Waals surface area contributed by atoms with Crippen molar-refractivity contribution in [3.8, 4) is 5.75 Å². The number of halogens is 2. The summed E-state index contributed by atoms with van der Waals surface area (Å²) in [4.78, 5) is 23.2. The summed E-state index contributed by atoms with van der Waals surface area (Å²) in [5, 5.41) is 0. The zero-order chi connectivity index (χ0) is 15.3. The number of rotatable bonds is 6. The lowest BCUT2D eigenvalue weighted by molar-refractivity contribution is -0.158. The van der Waals surface area contributed by atoms with E-state index in [9.17, 15) is 18.4 Å². The Morgan fingerprint density at radius 2 is 1.80 bits per heavy atom. The van der Waals surface area contributed by atoms with Gasteiger partial charge in [-0.15, -0.1) is 0 Å². The number of hydrogen-bond acceptors (Lipinski definition) is 4. The highest BCUT2D eigenvalue weighted by Crippen LogP contribution is 2.35. The lowest BCUT2D eigenvalue weighted by Gasteiger charge is -2.22. The number of carbonyl (C=O) groups is 2. The van der Waals surface area contributed by atoms with E-state index in [1.165, 1.54) is 38.3 Å². The highest BCUT2D eigenvalue weighted by molar-refractivity contribution is 6.36. The molecule has 0 saturated carbocycles. The molecule has 0 saturated heterocycles. The summed E-state index contributed by atoms with van der Waals surface area (Å²) in [7, 11) is 1.44. The van der Waals surface area contributed by atoms with Crippen molar-refractivity contribution in [2.45, 2.75) is 25.7 Å². The predicted molar refractivity (Wildman–Crippen MR) is 68.0 cm³/mol. The van der Waals surface area contributed by atoms with E-state index in [-0.39, 0.29) is 12.2 Å². The molecular formula is C14H16F2O4. The molecule has 0 aliphatic heterocycles. The summed E-state index contributed by atoms with van der Waals surface area (Å²) < 4.78 is 36.7. The van der Waals surface area contributed by atoms with Crippen LogP contribution in [0.25, 0.3) is 0 Å². The molecular weight excluding hydrogens is 270 g/mol. The van der Waals surface area contributed by atoms with Gasteiger partial charge in [0.05, 0.1) is 13.7 Å². The molecule has 0 aromatic heterocycles. The van der Waals surface area contributed by atoms with Crippen molar-refractivity contribution < 1.29 is 27.8 Å². The van der Waals surface area contributed by atoms with Crippen molar-refractivity contribution in [2.75, 3.05) is 13.7 Å². The third-order valence-electron chi connectivity index (χ3n) is 2.69. The van der Waals surface area contributed by atoms with Gasteiger partial charge in [0.25, 0.3) is 11.7 Å². The van der Waals surface area contributed by atoms with Crippen LogP contribution in [-0.2, 0) is 14.3 Å². The molecule has 0 N–H and O–H groups in total. The zero-order valence-corrected chi connectivity index (χ0v) is 11.5. The predicted octanol–water partition coefficient (Wildman–Crippen LogP) is 2.57. The number of ketones is 1. The van der Waals surface area contributed by atoms with Crippen LogP contribution < -0.4 is 4.74 Å². The maximum atomic E-state index is 13.6. The Morgan fingerprint density at radius 3 is 2.20 bits per heavy atom. The van der Waals surface area contributed by atoms with Gasteiger partial charge in [0.1, 0.15) is 11.7 Å². The highest BCUT2D eigenvalue weighted by atomic mass is 19.3. The molecule has 0 aliphatic carbocycles. The lowest BCUT2D eigenvalue weighted by atomic mass is 9.89. The maximum absolute atomic E-state index is 13.6. The van der Waals surface area contributed by atoms with Gasteiger partial charge in [0.2, 0.25) is 0 Å². The third-order valence-corrected chi connectivity index (χ3v) is 2.69. The average molecular weight is 286 g/mol. The molecule has 0 radical (unpaired) electrons. The largest absolute Gasteiger partial charge is 0.497 e. The minimum absolute atomic E-state index is 0.0383. The lowest BCUT2D eigenvalue weighted by Crippen LogP contribution is -2.35. The van der Waals surface area contributed by atoms with Gasteiger partial charge >= 0.3 is 5.97 Å². The second kappa shape index (κ2) is 6.45.